The molecular formula is C24H30N6O3. The molecule has 1 fully saturated rings. The van der Waals surface area contributed by atoms with E-state index in [2.05, 4.69) is 33.8 Å². The lowest BCUT2D eigenvalue weighted by molar-refractivity contribution is -0.0947. The van der Waals surface area contributed by atoms with Crippen molar-refractivity contribution in [2.75, 3.05) is 17.6 Å². The molecule has 0 amide bonds. The maximum absolute atomic E-state index is 13.0. The van der Waals surface area contributed by atoms with Gasteiger partial charge in [-0.2, -0.15) is 9.97 Å². The van der Waals surface area contributed by atoms with Gasteiger partial charge in [-0.05, 0) is 31.9 Å². The maximum Gasteiger partial charge on any atom is 0.338 e. The molecule has 9 nitrogen and oxygen atoms in total. The predicted octanol–water partition coefficient (Wildman–Crippen LogP) is 3.96. The first-order valence-electron chi connectivity index (χ1n) is 11.2. The molecule has 1 aliphatic heterocycles. The Labute approximate surface area is 193 Å². The Bertz CT molecular complexity index is 1150. The summed E-state index contributed by atoms with van der Waals surface area (Å²) in [4.78, 5) is 26.3. The van der Waals surface area contributed by atoms with Gasteiger partial charge in [0.15, 0.2) is 28.8 Å². The summed E-state index contributed by atoms with van der Waals surface area (Å²) in [5.74, 6) is 0.188. The van der Waals surface area contributed by atoms with E-state index in [4.69, 9.17) is 15.2 Å². The normalized spacial score (nSPS) is 24.6. The Kier molecular flexibility index (Phi) is 6.33. The smallest absolute Gasteiger partial charge is 0.338 e. The maximum atomic E-state index is 13.0. The molecule has 9 heteroatoms. The second-order valence-electron chi connectivity index (χ2n) is 8.42. The number of anilines is 2. The minimum Gasteiger partial charge on any atom is -0.451 e. The molecule has 2 aromatic heterocycles. The molecule has 1 aromatic carbocycles. The summed E-state index contributed by atoms with van der Waals surface area (Å²) in [6, 6.07) is 8.95. The number of aromatic nitrogens is 4. The zero-order chi connectivity index (χ0) is 23.6. The van der Waals surface area contributed by atoms with Crippen LogP contribution in [0, 0.1) is 5.92 Å². The van der Waals surface area contributed by atoms with Crippen LogP contribution in [-0.2, 0) is 9.47 Å². The van der Waals surface area contributed by atoms with Crippen molar-refractivity contribution >= 4 is 28.9 Å². The van der Waals surface area contributed by atoms with Gasteiger partial charge >= 0.3 is 5.97 Å². The van der Waals surface area contributed by atoms with Crippen molar-refractivity contribution in [3.63, 3.8) is 0 Å². The van der Waals surface area contributed by atoms with E-state index in [-0.39, 0.29) is 18.0 Å². The number of nitrogens with two attached hydrogens (primary N) is 1. The third-order valence-corrected chi connectivity index (χ3v) is 6.31. The van der Waals surface area contributed by atoms with Gasteiger partial charge in [-0.3, -0.25) is 4.57 Å². The topological polar surface area (TPSA) is 117 Å². The quantitative estimate of drug-likeness (QED) is 0.301. The molecule has 1 saturated heterocycles. The summed E-state index contributed by atoms with van der Waals surface area (Å²) >= 11 is 0. The van der Waals surface area contributed by atoms with Crippen molar-refractivity contribution in [2.24, 2.45) is 5.92 Å². The van der Waals surface area contributed by atoms with Crippen molar-refractivity contribution in [3.05, 3.63) is 54.9 Å². The van der Waals surface area contributed by atoms with Gasteiger partial charge in [-0.1, -0.05) is 38.1 Å². The number of hydrogen-bond donors (Lipinski definition) is 2. The van der Waals surface area contributed by atoms with Gasteiger partial charge in [0, 0.05) is 12.5 Å². The van der Waals surface area contributed by atoms with Crippen LogP contribution in [0.4, 0.5) is 11.8 Å². The van der Waals surface area contributed by atoms with E-state index in [9.17, 15) is 4.79 Å². The number of nitrogens with one attached hydrogen (secondary N) is 1. The second-order valence-corrected chi connectivity index (χ2v) is 8.42. The number of nitrogen functional groups attached to an aromatic ring is 1. The number of fused-ring (bicyclic) bond motifs is 1. The molecule has 2 unspecified atom stereocenters. The molecule has 3 aromatic rings. The highest BCUT2D eigenvalue weighted by Gasteiger charge is 2.55. The molecule has 0 saturated carbocycles. The van der Waals surface area contributed by atoms with Gasteiger partial charge in [0.25, 0.3) is 0 Å². The van der Waals surface area contributed by atoms with Gasteiger partial charge < -0.3 is 20.5 Å². The SMILES string of the molecule is C=CCCNc1nc(N)nc2c1ncn2C1OC(CC)[C@@H](C)[C@@]1(C)OC(=O)c1ccccc1. The van der Waals surface area contributed by atoms with Crippen LogP contribution >= 0.6 is 0 Å². The van der Waals surface area contributed by atoms with Crippen LogP contribution in [0.3, 0.4) is 0 Å². The zero-order valence-electron chi connectivity index (χ0n) is 19.2. The van der Waals surface area contributed by atoms with Gasteiger partial charge in [0.1, 0.15) is 0 Å². The van der Waals surface area contributed by atoms with E-state index >= 15 is 0 Å². The largest absolute Gasteiger partial charge is 0.451 e. The van der Waals surface area contributed by atoms with E-state index in [1.54, 1.807) is 23.0 Å². The van der Waals surface area contributed by atoms with Crippen molar-refractivity contribution in [1.29, 1.82) is 0 Å². The van der Waals surface area contributed by atoms with Crippen LogP contribution in [0.2, 0.25) is 0 Å². The lowest BCUT2D eigenvalue weighted by atomic mass is 9.86. The first-order valence-corrected chi connectivity index (χ1v) is 11.2. The molecule has 4 atom stereocenters. The molecule has 0 radical (unpaired) electrons. The fourth-order valence-electron chi connectivity index (χ4n) is 4.30. The summed E-state index contributed by atoms with van der Waals surface area (Å²) in [7, 11) is 0. The van der Waals surface area contributed by atoms with Gasteiger partial charge in [0.2, 0.25) is 5.95 Å². The van der Waals surface area contributed by atoms with Crippen LogP contribution in [0.15, 0.2) is 49.3 Å². The highest BCUT2D eigenvalue weighted by Crippen LogP contribution is 2.47. The molecular weight excluding hydrogens is 420 g/mol. The Morgan fingerprint density at radius 2 is 2.12 bits per heavy atom. The molecule has 3 N–H and O–H groups in total. The molecule has 0 aliphatic carbocycles. The molecule has 4 rings (SSSR count). The number of rotatable bonds is 8. The summed E-state index contributed by atoms with van der Waals surface area (Å²) in [6.07, 6.45) is 4.26. The van der Waals surface area contributed by atoms with E-state index < -0.39 is 17.8 Å². The number of carbonyl (C=O) groups excluding carboxylic acids is 1. The summed E-state index contributed by atoms with van der Waals surface area (Å²) < 4.78 is 14.3. The Balaban J connectivity index is 1.74. The third-order valence-electron chi connectivity index (χ3n) is 6.31. The van der Waals surface area contributed by atoms with Crippen molar-refractivity contribution in [3.8, 4) is 0 Å². The number of nitrogens with zero attached hydrogens (tertiary/aromatic N) is 4. The zero-order valence-corrected chi connectivity index (χ0v) is 19.2. The first kappa shape index (κ1) is 22.7. The average Bonchev–Trinajstić information content (AvgIpc) is 3.33. The van der Waals surface area contributed by atoms with Crippen molar-refractivity contribution < 1.29 is 14.3 Å². The third kappa shape index (κ3) is 4.16. The van der Waals surface area contributed by atoms with Crippen LogP contribution < -0.4 is 11.1 Å². The van der Waals surface area contributed by atoms with E-state index in [0.717, 1.165) is 12.8 Å². The highest BCUT2D eigenvalue weighted by molar-refractivity contribution is 5.89. The van der Waals surface area contributed by atoms with Crippen molar-refractivity contribution in [1.82, 2.24) is 19.5 Å². The monoisotopic (exact) mass is 450 g/mol. The molecule has 33 heavy (non-hydrogen) atoms. The number of imidazole rings is 1. The number of carbonyl (C=O) groups is 1. The Morgan fingerprint density at radius 1 is 1.36 bits per heavy atom. The van der Waals surface area contributed by atoms with E-state index in [1.807, 2.05) is 38.1 Å². The average molecular weight is 451 g/mol. The summed E-state index contributed by atoms with van der Waals surface area (Å²) in [6.45, 7) is 10.4. The number of benzene rings is 1. The minimum atomic E-state index is -0.961. The van der Waals surface area contributed by atoms with Crippen LogP contribution in [0.25, 0.3) is 11.2 Å². The number of ether oxygens (including phenoxy) is 2. The molecule has 1 aliphatic rings. The van der Waals surface area contributed by atoms with Gasteiger partial charge in [0.05, 0.1) is 18.0 Å². The lowest BCUT2D eigenvalue weighted by Gasteiger charge is -2.34. The molecule has 0 spiro atoms. The molecule has 3 heterocycles. The molecule has 174 valence electrons. The second kappa shape index (κ2) is 9.19. The van der Waals surface area contributed by atoms with Gasteiger partial charge in [-0.15, -0.1) is 6.58 Å². The van der Waals surface area contributed by atoms with E-state index in [1.165, 1.54) is 0 Å². The number of hydrogen-bond acceptors (Lipinski definition) is 8. The van der Waals surface area contributed by atoms with Crippen molar-refractivity contribution in [2.45, 2.75) is 51.5 Å². The Morgan fingerprint density at radius 3 is 2.82 bits per heavy atom. The standard InChI is InChI=1S/C24H30N6O3/c1-5-7-13-26-19-18-20(29-23(25)28-19)30(14-27-18)22-24(4,15(3)17(6-2)32-22)33-21(31)16-11-9-8-10-12-16/h5,8-12,14-15,17,22H,1,6-7,13H2,2-4H3,(H3,25,26,28,29)/t15-,17?,22?,24-/m1/s1. The fourth-order valence-corrected chi connectivity index (χ4v) is 4.30. The number of esters is 1. The van der Waals surface area contributed by atoms with Crippen LogP contribution in [0.5, 0.6) is 0 Å². The molecule has 0 bridgehead atoms. The first-order chi connectivity index (χ1) is 15.9. The van der Waals surface area contributed by atoms with Crippen LogP contribution in [0.1, 0.15) is 50.2 Å². The fraction of sp³-hybridized carbons (Fsp3) is 0.417. The lowest BCUT2D eigenvalue weighted by Crippen LogP contribution is -2.43. The minimum absolute atomic E-state index is 0.0676. The summed E-state index contributed by atoms with van der Waals surface area (Å²) in [5, 5.41) is 3.23. The Hall–Kier alpha value is -3.46. The predicted molar refractivity (Wildman–Crippen MR) is 127 cm³/mol. The van der Waals surface area contributed by atoms with E-state index in [0.29, 0.717) is 29.1 Å². The van der Waals surface area contributed by atoms with Gasteiger partial charge in [-0.25, -0.2) is 9.78 Å². The highest BCUT2D eigenvalue weighted by atomic mass is 16.6. The summed E-state index contributed by atoms with van der Waals surface area (Å²) in [5.41, 5.74) is 6.62. The van der Waals surface area contributed by atoms with Crippen LogP contribution in [-0.4, -0.2) is 43.7 Å².